The second kappa shape index (κ2) is 11.3. The van der Waals surface area contributed by atoms with Crippen LogP contribution >= 0.6 is 0 Å². The average molecular weight is 484 g/mol. The van der Waals surface area contributed by atoms with Crippen LogP contribution < -0.4 is 0 Å². The van der Waals surface area contributed by atoms with Crippen molar-refractivity contribution < 1.29 is 39.2 Å². The molecule has 4 aromatic rings. The van der Waals surface area contributed by atoms with Crippen molar-refractivity contribution in [3.63, 3.8) is 0 Å². The Morgan fingerprint density at radius 2 is 1.06 bits per heavy atom. The van der Waals surface area contributed by atoms with E-state index in [4.69, 9.17) is 15.3 Å². The number of fused-ring (bicyclic) bond motifs is 1. The summed E-state index contributed by atoms with van der Waals surface area (Å²) in [4.78, 5) is 44.6. The molecule has 36 heavy (non-hydrogen) atoms. The predicted molar refractivity (Wildman–Crippen MR) is 132 cm³/mol. The lowest BCUT2D eigenvalue weighted by Crippen LogP contribution is -2.03. The van der Waals surface area contributed by atoms with Gasteiger partial charge in [0.15, 0.2) is 0 Å². The molecule has 4 rings (SSSR count). The molecule has 0 aliphatic heterocycles. The van der Waals surface area contributed by atoms with Crippen LogP contribution in [-0.2, 0) is 4.74 Å². The Labute approximate surface area is 205 Å². The van der Waals surface area contributed by atoms with Gasteiger partial charge in [0.25, 0.3) is 0 Å². The minimum absolute atomic E-state index is 0.0891. The van der Waals surface area contributed by atoms with Gasteiger partial charge in [0.1, 0.15) is 0 Å². The number of carboxylic acids is 3. The fourth-order valence-electron chi connectivity index (χ4n) is 3.46. The van der Waals surface area contributed by atoms with Gasteiger partial charge in [-0.15, -0.1) is 0 Å². The van der Waals surface area contributed by atoms with E-state index >= 15 is 0 Å². The van der Waals surface area contributed by atoms with Crippen LogP contribution in [-0.4, -0.2) is 39.2 Å². The average Bonchev–Trinajstić information content (AvgIpc) is 2.88. The van der Waals surface area contributed by atoms with Crippen molar-refractivity contribution in [1.29, 1.82) is 0 Å². The Morgan fingerprint density at radius 1 is 0.611 bits per heavy atom. The van der Waals surface area contributed by atoms with Gasteiger partial charge in [0, 0.05) is 0 Å². The fraction of sp³-hybridized carbons (Fsp3) is 0. The summed E-state index contributed by atoms with van der Waals surface area (Å²) in [5, 5.41) is 28.6. The number of rotatable bonds is 6. The highest BCUT2D eigenvalue weighted by Gasteiger charge is 2.16. The van der Waals surface area contributed by atoms with Crippen LogP contribution in [0.4, 0.5) is 0 Å². The highest BCUT2D eigenvalue weighted by atomic mass is 16.5. The first kappa shape index (κ1) is 25.4. The molecule has 3 N–H and O–H groups in total. The van der Waals surface area contributed by atoms with E-state index in [2.05, 4.69) is 11.3 Å². The van der Waals surface area contributed by atoms with Crippen molar-refractivity contribution in [3.8, 4) is 11.1 Å². The van der Waals surface area contributed by atoms with Gasteiger partial charge in [-0.05, 0) is 58.3 Å². The molecule has 0 amide bonds. The Hall–Kier alpha value is -5.24. The first-order valence-electron chi connectivity index (χ1n) is 10.5. The van der Waals surface area contributed by atoms with Crippen molar-refractivity contribution >= 4 is 34.6 Å². The van der Waals surface area contributed by atoms with Crippen LogP contribution in [0.1, 0.15) is 41.4 Å². The van der Waals surface area contributed by atoms with E-state index in [9.17, 15) is 19.2 Å². The van der Waals surface area contributed by atoms with Gasteiger partial charge in [-0.25, -0.2) is 19.2 Å². The second-order valence-corrected chi connectivity index (χ2v) is 7.36. The van der Waals surface area contributed by atoms with Gasteiger partial charge >= 0.3 is 23.9 Å². The molecule has 0 bridgehead atoms. The number of esters is 1. The Morgan fingerprint density at radius 3 is 1.50 bits per heavy atom. The molecule has 8 heteroatoms. The van der Waals surface area contributed by atoms with Gasteiger partial charge in [-0.1, -0.05) is 55.1 Å². The molecule has 0 saturated carbocycles. The van der Waals surface area contributed by atoms with Crippen LogP contribution in [0.5, 0.6) is 0 Å². The molecule has 0 aliphatic rings. The normalized spacial score (nSPS) is 10.0. The minimum Gasteiger partial charge on any atom is -0.478 e. The van der Waals surface area contributed by atoms with Crippen LogP contribution in [0.15, 0.2) is 97.8 Å². The predicted octanol–water partition coefficient (Wildman–Crippen LogP) is 5.59. The molecular weight excluding hydrogens is 464 g/mol. The number of hydrogen-bond donors (Lipinski definition) is 3. The van der Waals surface area contributed by atoms with E-state index in [1.807, 2.05) is 0 Å². The van der Waals surface area contributed by atoms with E-state index in [0.29, 0.717) is 16.7 Å². The Kier molecular flexibility index (Phi) is 7.94. The van der Waals surface area contributed by atoms with Gasteiger partial charge in [0.05, 0.1) is 28.5 Å². The summed E-state index contributed by atoms with van der Waals surface area (Å²) in [7, 11) is 0. The molecule has 0 aromatic heterocycles. The lowest BCUT2D eigenvalue weighted by molar-refractivity contribution is 0.0659. The lowest BCUT2D eigenvalue weighted by atomic mass is 9.95. The monoisotopic (exact) mass is 484 g/mol. The Bertz CT molecular complexity index is 1430. The third kappa shape index (κ3) is 5.81. The molecule has 0 spiro atoms. The van der Waals surface area contributed by atoms with Crippen molar-refractivity contribution in [3.05, 3.63) is 120 Å². The number of ether oxygens (including phenoxy) is 1. The molecule has 0 aliphatic carbocycles. The van der Waals surface area contributed by atoms with E-state index in [-0.39, 0.29) is 16.7 Å². The number of carbonyl (C=O) groups is 4. The highest BCUT2D eigenvalue weighted by Crippen LogP contribution is 2.27. The highest BCUT2D eigenvalue weighted by molar-refractivity contribution is 6.02. The maximum atomic E-state index is 11.5. The summed E-state index contributed by atoms with van der Waals surface area (Å²) >= 11 is 0. The van der Waals surface area contributed by atoms with Gasteiger partial charge in [0.2, 0.25) is 0 Å². The largest absolute Gasteiger partial charge is 0.478 e. The molecular formula is C28H20O8. The van der Waals surface area contributed by atoms with Crippen molar-refractivity contribution in [2.45, 2.75) is 0 Å². The smallest absolute Gasteiger partial charge is 0.342 e. The molecule has 0 unspecified atom stereocenters. The quantitative estimate of drug-likeness (QED) is 0.238. The molecule has 180 valence electrons. The van der Waals surface area contributed by atoms with E-state index < -0.39 is 23.9 Å². The van der Waals surface area contributed by atoms with E-state index in [1.54, 1.807) is 66.7 Å². The van der Waals surface area contributed by atoms with Crippen LogP contribution in [0, 0.1) is 0 Å². The summed E-state index contributed by atoms with van der Waals surface area (Å²) in [6.07, 6.45) is 1.07. The zero-order chi connectivity index (χ0) is 26.2. The topological polar surface area (TPSA) is 138 Å². The zero-order valence-electron chi connectivity index (χ0n) is 18.8. The fourth-order valence-corrected chi connectivity index (χ4v) is 3.46. The number of benzene rings is 4. The van der Waals surface area contributed by atoms with Gasteiger partial charge < -0.3 is 20.1 Å². The second-order valence-electron chi connectivity index (χ2n) is 7.36. The molecule has 0 radical (unpaired) electrons. The number of hydrogen-bond acceptors (Lipinski definition) is 5. The van der Waals surface area contributed by atoms with Crippen molar-refractivity contribution in [2.75, 3.05) is 0 Å². The summed E-state index contributed by atoms with van der Waals surface area (Å²) in [6.45, 7) is 3.31. The van der Waals surface area contributed by atoms with Gasteiger partial charge in [-0.3, -0.25) is 0 Å². The standard InChI is InChI=1S/2C14H10O4/c15-13(16)11-7-3-1-5-9(11)10-6-2-4-8-12(10)14(17)18;1-2-18-14(17)12-6-4-9-7-11(13(15)16)5-3-10(9)8-12/h1-8H,(H,15,16)(H,17,18);2-8H,1H2,(H,15,16). The molecule has 4 aromatic carbocycles. The summed E-state index contributed by atoms with van der Waals surface area (Å²) in [6, 6.07) is 22.3. The van der Waals surface area contributed by atoms with Crippen LogP contribution in [0.2, 0.25) is 0 Å². The maximum absolute atomic E-state index is 11.5. The lowest BCUT2D eigenvalue weighted by Gasteiger charge is -2.08. The number of aromatic carboxylic acids is 3. The zero-order valence-corrected chi connectivity index (χ0v) is 18.8. The maximum Gasteiger partial charge on any atom is 0.342 e. The molecule has 0 atom stereocenters. The van der Waals surface area contributed by atoms with Crippen LogP contribution in [0.25, 0.3) is 21.9 Å². The van der Waals surface area contributed by atoms with E-state index in [1.165, 1.54) is 18.2 Å². The van der Waals surface area contributed by atoms with Crippen molar-refractivity contribution in [2.24, 2.45) is 0 Å². The third-order valence-electron chi connectivity index (χ3n) is 5.12. The summed E-state index contributed by atoms with van der Waals surface area (Å²) < 4.78 is 4.67. The van der Waals surface area contributed by atoms with Crippen molar-refractivity contribution in [1.82, 2.24) is 0 Å². The SMILES string of the molecule is C=COC(=O)c1ccc2cc(C(=O)O)ccc2c1.O=C(O)c1ccccc1-c1ccccc1C(=O)O. The summed E-state index contributed by atoms with van der Waals surface area (Å²) in [5.74, 6) is -3.63. The molecule has 0 saturated heterocycles. The van der Waals surface area contributed by atoms with Gasteiger partial charge in [-0.2, -0.15) is 0 Å². The molecule has 8 nitrogen and oxygen atoms in total. The first-order chi connectivity index (χ1) is 17.2. The Balaban J connectivity index is 0.000000201. The van der Waals surface area contributed by atoms with Crippen LogP contribution in [0.3, 0.4) is 0 Å². The third-order valence-corrected chi connectivity index (χ3v) is 5.12. The minimum atomic E-state index is -1.08. The summed E-state index contributed by atoms with van der Waals surface area (Å²) in [5.41, 5.74) is 1.60. The number of carboxylic acid groups (broad SMARTS) is 3. The molecule has 0 heterocycles. The molecule has 0 fully saturated rings. The van der Waals surface area contributed by atoms with E-state index in [0.717, 1.165) is 17.0 Å². The number of carbonyl (C=O) groups excluding carboxylic acids is 1. The first-order valence-corrected chi connectivity index (χ1v) is 10.5.